The molecule has 0 aliphatic carbocycles. The smallest absolute Gasteiger partial charge is 0.204 e. The van der Waals surface area contributed by atoms with Gasteiger partial charge >= 0.3 is 0 Å². The van der Waals surface area contributed by atoms with Crippen LogP contribution in [0.15, 0.2) is 41.4 Å². The zero-order chi connectivity index (χ0) is 20.4. The minimum absolute atomic E-state index is 0.355. The molecule has 3 aromatic rings. The maximum absolute atomic E-state index is 6.41. The highest BCUT2D eigenvalue weighted by molar-refractivity contribution is 6.28. The van der Waals surface area contributed by atoms with Crippen molar-refractivity contribution < 1.29 is 9.47 Å². The highest BCUT2D eigenvalue weighted by Crippen LogP contribution is 2.31. The van der Waals surface area contributed by atoms with Crippen LogP contribution >= 0.6 is 11.6 Å². The number of methoxy groups -OCH3 is 2. The fourth-order valence-corrected chi connectivity index (χ4v) is 3.41. The van der Waals surface area contributed by atoms with Crippen molar-refractivity contribution in [2.24, 2.45) is 12.0 Å². The van der Waals surface area contributed by atoms with Gasteiger partial charge in [-0.3, -0.25) is 0 Å². The largest absolute Gasteiger partial charge is 0.493 e. The van der Waals surface area contributed by atoms with Crippen molar-refractivity contribution in [2.75, 3.05) is 14.2 Å². The average molecular weight is 398 g/mol. The number of nitrogens with zero attached hydrogens (tertiary/aromatic N) is 3. The molecule has 0 radical (unpaired) electrons. The minimum atomic E-state index is 0.355. The van der Waals surface area contributed by atoms with Crippen LogP contribution in [0.5, 0.6) is 11.5 Å². The lowest BCUT2D eigenvalue weighted by atomic mass is 10.1. The van der Waals surface area contributed by atoms with Crippen LogP contribution in [0.4, 0.5) is 5.69 Å². The van der Waals surface area contributed by atoms with Gasteiger partial charge in [0.15, 0.2) is 11.5 Å². The van der Waals surface area contributed by atoms with E-state index in [1.807, 2.05) is 31.3 Å². The van der Waals surface area contributed by atoms with Crippen LogP contribution in [-0.4, -0.2) is 23.8 Å². The fraction of sp³-hybridized carbons (Fsp3) is 0.273. The zero-order valence-electron chi connectivity index (χ0n) is 17.0. The molecule has 0 saturated heterocycles. The molecule has 0 amide bonds. The van der Waals surface area contributed by atoms with Gasteiger partial charge in [-0.05, 0) is 61.7 Å². The lowest BCUT2D eigenvalue weighted by Crippen LogP contribution is -2.19. The number of ether oxygens (including phenoxy) is 2. The molecule has 1 heterocycles. The van der Waals surface area contributed by atoms with Crippen molar-refractivity contribution in [1.29, 1.82) is 0 Å². The van der Waals surface area contributed by atoms with Crippen LogP contribution in [-0.2, 0) is 7.05 Å². The number of benzene rings is 2. The quantitative estimate of drug-likeness (QED) is 0.587. The van der Waals surface area contributed by atoms with E-state index in [2.05, 4.69) is 37.9 Å². The average Bonchev–Trinajstić information content (AvgIpc) is 2.66. The SMILES string of the molecule is COc1ccc(-c2c/c(=N/c3c(C)cc(C)cc3C)n(C)c(Cl)n2)cc1OC. The van der Waals surface area contributed by atoms with Crippen molar-refractivity contribution in [2.45, 2.75) is 20.8 Å². The Bertz CT molecular complexity index is 1080. The van der Waals surface area contributed by atoms with E-state index in [4.69, 9.17) is 26.1 Å². The summed E-state index contributed by atoms with van der Waals surface area (Å²) in [6.07, 6.45) is 0. The van der Waals surface area contributed by atoms with Crippen LogP contribution in [0.3, 0.4) is 0 Å². The third-order valence-corrected chi connectivity index (χ3v) is 4.98. The highest BCUT2D eigenvalue weighted by atomic mass is 35.5. The summed E-state index contributed by atoms with van der Waals surface area (Å²) in [5.74, 6) is 1.30. The van der Waals surface area contributed by atoms with Crippen LogP contribution in [0.1, 0.15) is 16.7 Å². The van der Waals surface area contributed by atoms with Gasteiger partial charge in [-0.1, -0.05) is 17.7 Å². The molecular formula is C22H24ClN3O2. The molecule has 6 heteroatoms. The van der Waals surface area contributed by atoms with Gasteiger partial charge in [0.1, 0.15) is 5.49 Å². The van der Waals surface area contributed by atoms with E-state index in [0.29, 0.717) is 22.5 Å². The summed E-state index contributed by atoms with van der Waals surface area (Å²) in [4.78, 5) is 9.39. The molecule has 0 saturated carbocycles. The number of hydrogen-bond donors (Lipinski definition) is 0. The summed E-state index contributed by atoms with van der Waals surface area (Å²) in [6.45, 7) is 6.22. The van der Waals surface area contributed by atoms with E-state index >= 15 is 0 Å². The molecule has 2 aromatic carbocycles. The Balaban J connectivity index is 2.20. The van der Waals surface area contributed by atoms with Gasteiger partial charge in [0.05, 0.1) is 25.6 Å². The Morgan fingerprint density at radius 3 is 2.18 bits per heavy atom. The van der Waals surface area contributed by atoms with E-state index in [-0.39, 0.29) is 0 Å². The lowest BCUT2D eigenvalue weighted by Gasteiger charge is -2.12. The number of halogens is 1. The van der Waals surface area contributed by atoms with Gasteiger partial charge in [-0.25, -0.2) is 9.98 Å². The summed E-state index contributed by atoms with van der Waals surface area (Å²) in [5, 5.41) is 0.355. The molecule has 0 aliphatic rings. The standard InChI is InChI=1S/C22H24ClN3O2/c1-13-9-14(2)21(15(3)10-13)25-20-12-17(24-22(23)26(20)4)16-7-8-18(27-5)19(11-16)28-6/h7-12H,1-6H3/b25-20-. The predicted octanol–water partition coefficient (Wildman–Crippen LogP) is 4.92. The Kier molecular flexibility index (Phi) is 5.75. The zero-order valence-corrected chi connectivity index (χ0v) is 17.8. The molecule has 0 fully saturated rings. The molecule has 0 spiro atoms. The summed E-state index contributed by atoms with van der Waals surface area (Å²) in [6, 6.07) is 11.8. The first-order chi connectivity index (χ1) is 13.3. The molecule has 1 aromatic heterocycles. The maximum Gasteiger partial charge on any atom is 0.204 e. The number of hydrogen-bond acceptors (Lipinski definition) is 4. The van der Waals surface area contributed by atoms with Crippen molar-refractivity contribution in [3.63, 3.8) is 0 Å². The minimum Gasteiger partial charge on any atom is -0.493 e. The van der Waals surface area contributed by atoms with Crippen molar-refractivity contribution in [1.82, 2.24) is 9.55 Å². The first-order valence-electron chi connectivity index (χ1n) is 8.92. The van der Waals surface area contributed by atoms with E-state index < -0.39 is 0 Å². The number of aryl methyl sites for hydroxylation is 3. The third kappa shape index (κ3) is 3.90. The Labute approximate surface area is 170 Å². The van der Waals surface area contributed by atoms with E-state index in [9.17, 15) is 0 Å². The van der Waals surface area contributed by atoms with Gasteiger partial charge in [-0.2, -0.15) is 0 Å². The van der Waals surface area contributed by atoms with E-state index in [1.165, 1.54) is 5.56 Å². The number of rotatable bonds is 4. The van der Waals surface area contributed by atoms with E-state index in [1.54, 1.807) is 18.8 Å². The Morgan fingerprint density at radius 2 is 1.57 bits per heavy atom. The van der Waals surface area contributed by atoms with Crippen molar-refractivity contribution in [3.8, 4) is 22.8 Å². The molecule has 0 bridgehead atoms. The predicted molar refractivity (Wildman–Crippen MR) is 113 cm³/mol. The Morgan fingerprint density at radius 1 is 0.929 bits per heavy atom. The molecule has 0 atom stereocenters. The van der Waals surface area contributed by atoms with Crippen molar-refractivity contribution >= 4 is 17.3 Å². The van der Waals surface area contributed by atoms with Crippen LogP contribution in [0.25, 0.3) is 11.3 Å². The topological polar surface area (TPSA) is 48.6 Å². The van der Waals surface area contributed by atoms with Crippen molar-refractivity contribution in [3.05, 3.63) is 63.9 Å². The fourth-order valence-electron chi connectivity index (χ4n) is 3.23. The molecule has 3 rings (SSSR count). The maximum atomic E-state index is 6.41. The third-order valence-electron chi connectivity index (χ3n) is 4.64. The van der Waals surface area contributed by atoms with Gasteiger partial charge in [0, 0.05) is 18.7 Å². The summed E-state index contributed by atoms with van der Waals surface area (Å²) < 4.78 is 12.5. The summed E-state index contributed by atoms with van der Waals surface area (Å²) in [7, 11) is 5.07. The van der Waals surface area contributed by atoms with Gasteiger partial charge < -0.3 is 14.0 Å². The van der Waals surface area contributed by atoms with Gasteiger partial charge in [0.25, 0.3) is 0 Å². The monoisotopic (exact) mass is 397 g/mol. The lowest BCUT2D eigenvalue weighted by molar-refractivity contribution is 0.355. The molecule has 5 nitrogen and oxygen atoms in total. The highest BCUT2D eigenvalue weighted by Gasteiger charge is 2.10. The summed E-state index contributed by atoms with van der Waals surface area (Å²) >= 11 is 6.41. The molecule has 0 aliphatic heterocycles. The molecule has 146 valence electrons. The van der Waals surface area contributed by atoms with Gasteiger partial charge in [-0.15, -0.1) is 0 Å². The summed E-state index contributed by atoms with van der Waals surface area (Å²) in [5.41, 5.74) is 6.72. The Hall–Kier alpha value is -2.79. The first-order valence-corrected chi connectivity index (χ1v) is 9.30. The van der Waals surface area contributed by atoms with Crippen LogP contribution in [0.2, 0.25) is 5.28 Å². The second-order valence-corrected chi connectivity index (χ2v) is 7.09. The molecule has 0 unspecified atom stereocenters. The molecule has 28 heavy (non-hydrogen) atoms. The second kappa shape index (κ2) is 8.07. The van der Waals surface area contributed by atoms with E-state index in [0.717, 1.165) is 27.9 Å². The second-order valence-electron chi connectivity index (χ2n) is 6.76. The molecular weight excluding hydrogens is 374 g/mol. The molecule has 0 N–H and O–H groups in total. The first kappa shape index (κ1) is 20.0. The normalized spacial score (nSPS) is 11.6. The number of aromatic nitrogens is 2. The van der Waals surface area contributed by atoms with Crippen LogP contribution in [0, 0.1) is 20.8 Å². The van der Waals surface area contributed by atoms with Gasteiger partial charge in [0.2, 0.25) is 5.28 Å². The van der Waals surface area contributed by atoms with Crippen LogP contribution < -0.4 is 15.0 Å².